The maximum Gasteiger partial charge on any atom is 0.411 e. The van der Waals surface area contributed by atoms with Gasteiger partial charge in [0.15, 0.2) is 5.78 Å². The summed E-state index contributed by atoms with van der Waals surface area (Å²) < 4.78 is 40.6. The first-order chi connectivity index (χ1) is 11.7. The van der Waals surface area contributed by atoms with Gasteiger partial charge in [0.1, 0.15) is 6.61 Å². The maximum absolute atomic E-state index is 12.0. The summed E-state index contributed by atoms with van der Waals surface area (Å²) in [6.45, 7) is 0.298. The van der Waals surface area contributed by atoms with Crippen LogP contribution in [-0.2, 0) is 17.9 Å². The van der Waals surface area contributed by atoms with E-state index in [0.717, 1.165) is 16.9 Å². The first-order valence-electron chi connectivity index (χ1n) is 7.36. The Morgan fingerprint density at radius 1 is 1.04 bits per heavy atom. The van der Waals surface area contributed by atoms with Gasteiger partial charge in [-0.1, -0.05) is 24.3 Å². The van der Waals surface area contributed by atoms with Crippen LogP contribution in [0.5, 0.6) is 0 Å². The summed E-state index contributed by atoms with van der Waals surface area (Å²) >= 11 is 1.13. The Balaban J connectivity index is 1.82. The molecule has 4 nitrogen and oxygen atoms in total. The van der Waals surface area contributed by atoms with Crippen molar-refractivity contribution in [2.75, 3.05) is 6.61 Å². The van der Waals surface area contributed by atoms with Crippen molar-refractivity contribution in [2.45, 2.75) is 26.3 Å². The number of nitrogens with one attached hydrogen (secondary N) is 1. The normalized spacial score (nSPS) is 11.4. The molecule has 0 aliphatic rings. The molecular weight excluding hydrogens is 355 g/mol. The summed E-state index contributed by atoms with van der Waals surface area (Å²) in [7, 11) is 0. The lowest BCUT2D eigenvalue weighted by molar-refractivity contribution is -0.176. The molecule has 0 aliphatic carbocycles. The number of halogens is 3. The van der Waals surface area contributed by atoms with Crippen LogP contribution in [0, 0.1) is 0 Å². The molecule has 1 aromatic carbocycles. The molecule has 1 amide bonds. The van der Waals surface area contributed by atoms with E-state index in [4.69, 9.17) is 0 Å². The van der Waals surface area contributed by atoms with Gasteiger partial charge < -0.3 is 10.1 Å². The van der Waals surface area contributed by atoms with Crippen LogP contribution in [0.3, 0.4) is 0 Å². The zero-order valence-electron chi connectivity index (χ0n) is 13.4. The van der Waals surface area contributed by atoms with Gasteiger partial charge in [0.25, 0.3) is 5.91 Å². The summed E-state index contributed by atoms with van der Waals surface area (Å²) in [5.41, 5.74) is 1.42. The van der Waals surface area contributed by atoms with E-state index in [1.807, 2.05) is 0 Å². The summed E-state index contributed by atoms with van der Waals surface area (Å²) in [6.07, 6.45) is -4.34. The molecule has 25 heavy (non-hydrogen) atoms. The number of alkyl halides is 3. The minimum absolute atomic E-state index is 0.0904. The van der Waals surface area contributed by atoms with Crippen molar-refractivity contribution in [2.24, 2.45) is 0 Å². The molecule has 0 unspecified atom stereocenters. The van der Waals surface area contributed by atoms with E-state index in [1.165, 1.54) is 6.92 Å². The number of amides is 1. The molecule has 2 aromatic rings. The second-order valence-electron chi connectivity index (χ2n) is 5.33. The molecule has 0 spiro atoms. The van der Waals surface area contributed by atoms with Crippen LogP contribution in [-0.4, -0.2) is 24.5 Å². The number of Topliss-reactive ketones (excluding diaryl/α,β-unsaturated/α-hetero) is 1. The van der Waals surface area contributed by atoms with E-state index in [0.29, 0.717) is 15.3 Å². The fraction of sp³-hybridized carbons (Fsp3) is 0.294. The number of carbonyl (C=O) groups is 2. The predicted molar refractivity (Wildman–Crippen MR) is 87.6 cm³/mol. The summed E-state index contributed by atoms with van der Waals surface area (Å²) in [5, 5.41) is 2.73. The maximum atomic E-state index is 12.0. The number of ketones is 1. The van der Waals surface area contributed by atoms with E-state index >= 15 is 0 Å². The Morgan fingerprint density at radius 2 is 1.64 bits per heavy atom. The van der Waals surface area contributed by atoms with E-state index in [-0.39, 0.29) is 24.8 Å². The largest absolute Gasteiger partial charge is 0.411 e. The Bertz CT molecular complexity index is 738. The van der Waals surface area contributed by atoms with E-state index in [9.17, 15) is 22.8 Å². The average Bonchev–Trinajstić information content (AvgIpc) is 3.03. The third-order valence-corrected chi connectivity index (χ3v) is 4.37. The molecule has 0 saturated heterocycles. The smallest absolute Gasteiger partial charge is 0.367 e. The van der Waals surface area contributed by atoms with Gasteiger partial charge in [-0.25, -0.2) is 0 Å². The van der Waals surface area contributed by atoms with E-state index < -0.39 is 12.8 Å². The van der Waals surface area contributed by atoms with Crippen molar-refractivity contribution in [1.29, 1.82) is 0 Å². The van der Waals surface area contributed by atoms with Crippen molar-refractivity contribution in [3.05, 3.63) is 57.3 Å². The van der Waals surface area contributed by atoms with Crippen LogP contribution < -0.4 is 5.32 Å². The number of rotatable bonds is 7. The highest BCUT2D eigenvalue weighted by molar-refractivity contribution is 7.15. The highest BCUT2D eigenvalue weighted by Crippen LogP contribution is 2.17. The van der Waals surface area contributed by atoms with Crippen LogP contribution in [0.15, 0.2) is 36.4 Å². The number of thiophene rings is 1. The predicted octanol–water partition coefficient (Wildman–Crippen LogP) is 3.96. The molecule has 0 aliphatic heterocycles. The zero-order chi connectivity index (χ0) is 18.4. The van der Waals surface area contributed by atoms with Crippen molar-refractivity contribution in [3.63, 3.8) is 0 Å². The number of hydrogen-bond acceptors (Lipinski definition) is 4. The minimum Gasteiger partial charge on any atom is -0.367 e. The lowest BCUT2D eigenvalue weighted by Gasteiger charge is -2.08. The van der Waals surface area contributed by atoms with Gasteiger partial charge in [-0.2, -0.15) is 13.2 Å². The van der Waals surface area contributed by atoms with Gasteiger partial charge in [0.05, 0.1) is 16.4 Å². The Kier molecular flexibility index (Phi) is 6.33. The van der Waals surface area contributed by atoms with Crippen LogP contribution in [0.2, 0.25) is 0 Å². The molecular formula is C17H16F3NO3S. The standard InChI is InChI=1S/C17H16F3NO3S/c1-11(22)14-6-7-15(25-14)16(23)21-8-12-2-4-13(5-3-12)9-24-10-17(18,19)20/h2-7H,8-10H2,1H3,(H,21,23). The monoisotopic (exact) mass is 371 g/mol. The summed E-state index contributed by atoms with van der Waals surface area (Å²) in [4.78, 5) is 24.2. The quantitative estimate of drug-likeness (QED) is 0.750. The molecule has 8 heteroatoms. The van der Waals surface area contributed by atoms with Gasteiger partial charge in [0.2, 0.25) is 0 Å². The highest BCUT2D eigenvalue weighted by atomic mass is 32.1. The first-order valence-corrected chi connectivity index (χ1v) is 8.17. The lowest BCUT2D eigenvalue weighted by Crippen LogP contribution is -2.21. The minimum atomic E-state index is -4.34. The zero-order valence-corrected chi connectivity index (χ0v) is 14.2. The third-order valence-electron chi connectivity index (χ3n) is 3.19. The van der Waals surface area contributed by atoms with Gasteiger partial charge in [0, 0.05) is 6.54 Å². The molecule has 1 N–H and O–H groups in total. The third kappa shape index (κ3) is 6.32. The van der Waals surface area contributed by atoms with Gasteiger partial charge in [-0.15, -0.1) is 11.3 Å². The molecule has 134 valence electrons. The van der Waals surface area contributed by atoms with Gasteiger partial charge >= 0.3 is 6.18 Å². The number of benzene rings is 1. The second-order valence-corrected chi connectivity index (χ2v) is 6.41. The fourth-order valence-electron chi connectivity index (χ4n) is 1.96. The van der Waals surface area contributed by atoms with Crippen molar-refractivity contribution < 1.29 is 27.5 Å². The Morgan fingerprint density at radius 3 is 2.20 bits per heavy atom. The van der Waals surface area contributed by atoms with Gasteiger partial charge in [-0.05, 0) is 30.2 Å². The molecule has 0 radical (unpaired) electrons. The topological polar surface area (TPSA) is 55.4 Å². The van der Waals surface area contributed by atoms with Gasteiger partial charge in [-0.3, -0.25) is 9.59 Å². The Labute approximate surface area is 146 Å². The fourth-order valence-corrected chi connectivity index (χ4v) is 2.77. The molecule has 0 bridgehead atoms. The van der Waals surface area contributed by atoms with Crippen molar-refractivity contribution in [1.82, 2.24) is 5.32 Å². The van der Waals surface area contributed by atoms with Crippen molar-refractivity contribution >= 4 is 23.0 Å². The van der Waals surface area contributed by atoms with Crippen LogP contribution >= 0.6 is 11.3 Å². The van der Waals surface area contributed by atoms with Crippen LogP contribution in [0.25, 0.3) is 0 Å². The second kappa shape index (κ2) is 8.26. The highest BCUT2D eigenvalue weighted by Gasteiger charge is 2.27. The number of carbonyl (C=O) groups excluding carboxylic acids is 2. The molecule has 0 fully saturated rings. The summed E-state index contributed by atoms with van der Waals surface area (Å²) in [6, 6.07) is 9.92. The molecule has 1 aromatic heterocycles. The van der Waals surface area contributed by atoms with Crippen LogP contribution in [0.1, 0.15) is 37.4 Å². The SMILES string of the molecule is CC(=O)c1ccc(C(=O)NCc2ccc(COCC(F)(F)F)cc2)s1. The van der Waals surface area contributed by atoms with Crippen LogP contribution in [0.4, 0.5) is 13.2 Å². The van der Waals surface area contributed by atoms with E-state index in [1.54, 1.807) is 36.4 Å². The molecule has 0 atom stereocenters. The van der Waals surface area contributed by atoms with E-state index in [2.05, 4.69) is 10.1 Å². The summed E-state index contributed by atoms with van der Waals surface area (Å²) in [5.74, 6) is -0.373. The average molecular weight is 371 g/mol. The Hall–Kier alpha value is -2.19. The molecule has 1 heterocycles. The molecule has 0 saturated carbocycles. The lowest BCUT2D eigenvalue weighted by atomic mass is 10.1. The van der Waals surface area contributed by atoms with Crippen molar-refractivity contribution in [3.8, 4) is 0 Å². The number of hydrogen-bond donors (Lipinski definition) is 1. The first kappa shape index (κ1) is 19.1. The molecule has 2 rings (SSSR count). The number of ether oxygens (including phenoxy) is 1.